The van der Waals surface area contributed by atoms with Crippen molar-refractivity contribution in [2.24, 2.45) is 5.73 Å². The van der Waals surface area contributed by atoms with E-state index in [1.54, 1.807) is 0 Å². The van der Waals surface area contributed by atoms with Crippen LogP contribution in [0.3, 0.4) is 0 Å². The number of hydrogen-bond donors (Lipinski definition) is 2. The molecule has 0 amide bonds. The minimum Gasteiger partial charge on any atom is -0.329 e. The van der Waals surface area contributed by atoms with Gasteiger partial charge in [-0.3, -0.25) is 10.2 Å². The molecule has 1 saturated heterocycles. The maximum atomic E-state index is 6.04. The maximum absolute atomic E-state index is 6.04. The summed E-state index contributed by atoms with van der Waals surface area (Å²) < 4.78 is 0. The number of likely N-dealkylation sites (tertiary alicyclic amines) is 1. The predicted molar refractivity (Wildman–Crippen MR) is 84.2 cm³/mol. The average molecular weight is 271 g/mol. The van der Waals surface area contributed by atoms with Gasteiger partial charge in [-0.2, -0.15) is 0 Å². The van der Waals surface area contributed by atoms with Gasteiger partial charge in [-0.1, -0.05) is 36.3 Å². The fraction of sp³-hybridized carbons (Fsp3) is 0.529. The van der Waals surface area contributed by atoms with Crippen molar-refractivity contribution in [2.75, 3.05) is 26.2 Å². The zero-order chi connectivity index (χ0) is 14.3. The van der Waals surface area contributed by atoms with Crippen LogP contribution < -0.4 is 11.1 Å². The second-order valence-electron chi connectivity index (χ2n) is 5.56. The van der Waals surface area contributed by atoms with Crippen molar-refractivity contribution in [2.45, 2.75) is 31.8 Å². The summed E-state index contributed by atoms with van der Waals surface area (Å²) in [5, 5.41) is 3.56. The highest BCUT2D eigenvalue weighted by Gasteiger charge is 2.33. The summed E-state index contributed by atoms with van der Waals surface area (Å²) >= 11 is 0. The molecule has 2 rings (SSSR count). The van der Waals surface area contributed by atoms with Crippen LogP contribution in [0.15, 0.2) is 30.3 Å². The van der Waals surface area contributed by atoms with E-state index < -0.39 is 0 Å². The van der Waals surface area contributed by atoms with Crippen LogP contribution in [0.4, 0.5) is 0 Å². The molecule has 3 nitrogen and oxygen atoms in total. The van der Waals surface area contributed by atoms with Crippen molar-refractivity contribution >= 4 is 0 Å². The molecule has 1 heterocycles. The van der Waals surface area contributed by atoms with Gasteiger partial charge < -0.3 is 5.73 Å². The number of rotatable bonds is 5. The van der Waals surface area contributed by atoms with Gasteiger partial charge in [0.2, 0.25) is 0 Å². The Morgan fingerprint density at radius 3 is 2.85 bits per heavy atom. The first kappa shape index (κ1) is 15.1. The van der Waals surface area contributed by atoms with Gasteiger partial charge in [0.15, 0.2) is 0 Å². The molecule has 1 aromatic rings. The number of hydrogen-bond acceptors (Lipinski definition) is 3. The van der Waals surface area contributed by atoms with Gasteiger partial charge in [-0.25, -0.2) is 0 Å². The molecular weight excluding hydrogens is 246 g/mol. The summed E-state index contributed by atoms with van der Waals surface area (Å²) in [6.45, 7) is 6.43. The summed E-state index contributed by atoms with van der Waals surface area (Å²) in [5.41, 5.74) is 7.43. The summed E-state index contributed by atoms with van der Waals surface area (Å²) in [7, 11) is 0. The molecule has 1 aliphatic rings. The molecule has 0 aliphatic carbocycles. The van der Waals surface area contributed by atoms with E-state index in [9.17, 15) is 0 Å². The largest absolute Gasteiger partial charge is 0.329 e. The molecule has 108 valence electrons. The Morgan fingerprint density at radius 2 is 2.15 bits per heavy atom. The van der Waals surface area contributed by atoms with Crippen LogP contribution >= 0.6 is 0 Å². The average Bonchev–Trinajstić information content (AvgIpc) is 2.49. The fourth-order valence-corrected chi connectivity index (χ4v) is 2.91. The molecule has 0 spiro atoms. The zero-order valence-electron chi connectivity index (χ0n) is 12.4. The molecule has 0 bridgehead atoms. The van der Waals surface area contributed by atoms with E-state index in [1.165, 1.54) is 12.0 Å². The Balaban J connectivity index is 1.96. The third kappa shape index (κ3) is 4.08. The third-order valence-electron chi connectivity index (χ3n) is 4.02. The van der Waals surface area contributed by atoms with E-state index in [2.05, 4.69) is 52.4 Å². The Hall–Kier alpha value is -1.34. The summed E-state index contributed by atoms with van der Waals surface area (Å²) in [6, 6.07) is 10.6. The molecule has 1 aliphatic heterocycles. The van der Waals surface area contributed by atoms with Gasteiger partial charge in [-0.05, 0) is 31.9 Å². The Kier molecular flexibility index (Phi) is 5.60. The number of nitrogens with zero attached hydrogens (tertiary/aromatic N) is 1. The fourth-order valence-electron chi connectivity index (χ4n) is 2.91. The van der Waals surface area contributed by atoms with Gasteiger partial charge in [0, 0.05) is 25.2 Å². The van der Waals surface area contributed by atoms with E-state index >= 15 is 0 Å². The second kappa shape index (κ2) is 7.44. The summed E-state index contributed by atoms with van der Waals surface area (Å²) in [6.07, 6.45) is 2.33. The smallest absolute Gasteiger partial charge is 0.0581 e. The van der Waals surface area contributed by atoms with Crippen molar-refractivity contribution in [3.05, 3.63) is 35.9 Å². The van der Waals surface area contributed by atoms with E-state index in [4.69, 9.17) is 5.73 Å². The normalized spacial score (nSPS) is 23.1. The van der Waals surface area contributed by atoms with Crippen LogP contribution in [0.2, 0.25) is 0 Å². The summed E-state index contributed by atoms with van der Waals surface area (Å²) in [5.74, 6) is 6.02. The molecule has 20 heavy (non-hydrogen) atoms. The van der Waals surface area contributed by atoms with Crippen molar-refractivity contribution in [1.82, 2.24) is 10.2 Å². The first-order valence-electron chi connectivity index (χ1n) is 7.39. The number of benzene rings is 1. The lowest BCUT2D eigenvalue weighted by atomic mass is 9.88. The lowest BCUT2D eigenvalue weighted by Crippen LogP contribution is -2.60. The Bertz CT molecular complexity index is 460. The molecule has 3 N–H and O–H groups in total. The minimum absolute atomic E-state index is 0.0247. The van der Waals surface area contributed by atoms with Crippen LogP contribution in [0.5, 0.6) is 0 Å². The Labute approximate surface area is 122 Å². The molecule has 0 saturated carbocycles. The predicted octanol–water partition coefficient (Wildman–Crippen LogP) is 1.59. The lowest BCUT2D eigenvalue weighted by Gasteiger charge is -2.42. The molecule has 1 atom stereocenters. The van der Waals surface area contributed by atoms with Crippen LogP contribution in [0.1, 0.15) is 25.3 Å². The van der Waals surface area contributed by atoms with Crippen molar-refractivity contribution in [3.63, 3.8) is 0 Å². The van der Waals surface area contributed by atoms with E-state index in [1.807, 2.05) is 6.92 Å². The molecule has 0 aromatic heterocycles. The highest BCUT2D eigenvalue weighted by Crippen LogP contribution is 2.21. The molecule has 1 aromatic carbocycles. The number of nitrogens with one attached hydrogen (secondary N) is 1. The number of nitrogens with two attached hydrogens (primary N) is 1. The number of piperidine rings is 1. The monoisotopic (exact) mass is 271 g/mol. The van der Waals surface area contributed by atoms with Gasteiger partial charge in [0.05, 0.1) is 6.54 Å². The molecule has 1 unspecified atom stereocenters. The highest BCUT2D eigenvalue weighted by molar-refractivity contribution is 5.15. The highest BCUT2D eigenvalue weighted by atomic mass is 15.2. The SMILES string of the molecule is CC#CCNC1(CN)CCCN(Cc2ccccc2)C1. The quantitative estimate of drug-likeness (QED) is 0.799. The van der Waals surface area contributed by atoms with Crippen molar-refractivity contribution in [3.8, 4) is 11.8 Å². The lowest BCUT2D eigenvalue weighted by molar-refractivity contribution is 0.123. The van der Waals surface area contributed by atoms with Crippen LogP contribution in [0, 0.1) is 11.8 Å². The molecule has 1 fully saturated rings. The van der Waals surface area contributed by atoms with Crippen molar-refractivity contribution < 1.29 is 0 Å². The van der Waals surface area contributed by atoms with Crippen molar-refractivity contribution in [1.29, 1.82) is 0 Å². The maximum Gasteiger partial charge on any atom is 0.0581 e. The molecule has 0 radical (unpaired) electrons. The van der Waals surface area contributed by atoms with Gasteiger partial charge >= 0.3 is 0 Å². The molecular formula is C17H25N3. The third-order valence-corrected chi connectivity index (χ3v) is 4.02. The van der Waals surface area contributed by atoms with Gasteiger partial charge in [0.25, 0.3) is 0 Å². The van der Waals surface area contributed by atoms with E-state index in [0.29, 0.717) is 6.54 Å². The van der Waals surface area contributed by atoms with Gasteiger partial charge in [-0.15, -0.1) is 5.92 Å². The zero-order valence-corrected chi connectivity index (χ0v) is 12.4. The van der Waals surface area contributed by atoms with Gasteiger partial charge in [0.1, 0.15) is 0 Å². The second-order valence-corrected chi connectivity index (χ2v) is 5.56. The van der Waals surface area contributed by atoms with E-state index in [-0.39, 0.29) is 5.54 Å². The topological polar surface area (TPSA) is 41.3 Å². The van der Waals surface area contributed by atoms with Crippen LogP contribution in [-0.2, 0) is 6.54 Å². The molecule has 3 heteroatoms. The first-order valence-corrected chi connectivity index (χ1v) is 7.39. The minimum atomic E-state index is 0.0247. The Morgan fingerprint density at radius 1 is 1.35 bits per heavy atom. The van der Waals surface area contributed by atoms with Crippen LogP contribution in [-0.4, -0.2) is 36.6 Å². The van der Waals surface area contributed by atoms with E-state index in [0.717, 1.165) is 32.6 Å². The first-order chi connectivity index (χ1) is 9.78. The van der Waals surface area contributed by atoms with Crippen LogP contribution in [0.25, 0.3) is 0 Å². The summed E-state index contributed by atoms with van der Waals surface area (Å²) in [4.78, 5) is 2.50. The standard InChI is InChI=1S/C17H25N3/c1-2-3-11-19-17(14-18)10-7-12-20(15-17)13-16-8-5-4-6-9-16/h4-6,8-9,19H,7,10-15,18H2,1H3.